The van der Waals surface area contributed by atoms with Crippen LogP contribution in [0, 0.1) is 0 Å². The smallest absolute Gasteiger partial charge is 0.268 e. The molecule has 9 heteroatoms. The molecule has 55 heavy (non-hydrogen) atoms. The SMILES string of the molecule is CC/C=C\C/C=C\C/C=C\C/C=C\C/C=C\C/C=C\C/C=C\CCCCCCCCCC(=O)NC(COP(=O)([O-])OCC[N+](C)(C)C)C(O)/C=C/CCCC. The molecule has 0 fully saturated rings. The second-order valence-electron chi connectivity index (χ2n) is 15.0. The van der Waals surface area contributed by atoms with Crippen molar-refractivity contribution in [1.29, 1.82) is 0 Å². The minimum absolute atomic E-state index is 0.0104. The van der Waals surface area contributed by atoms with Gasteiger partial charge in [0.2, 0.25) is 5.91 Å². The molecule has 0 heterocycles. The van der Waals surface area contributed by atoms with Crippen molar-refractivity contribution in [3.05, 3.63) is 97.2 Å². The van der Waals surface area contributed by atoms with Gasteiger partial charge in [0, 0.05) is 6.42 Å². The minimum Gasteiger partial charge on any atom is -0.756 e. The summed E-state index contributed by atoms with van der Waals surface area (Å²) in [5, 5.41) is 13.5. The Morgan fingerprint density at radius 3 is 1.60 bits per heavy atom. The van der Waals surface area contributed by atoms with Crippen LogP contribution in [0.4, 0.5) is 0 Å². The topological polar surface area (TPSA) is 108 Å². The number of unbranched alkanes of at least 4 members (excludes halogenated alkanes) is 9. The standard InChI is InChI=1S/C46H79N2O6P/c1-6-8-10-12-13-14-15-16-17-18-19-20-21-22-23-24-25-26-27-28-29-30-31-32-33-34-35-36-38-40-46(50)47-44(45(49)39-37-11-9-7-2)43-54-55(51,52)53-42-41-48(3,4)5/h8,10,13-14,16-17,19-20,22-23,25-26,28-29,37,39,44-45,49H,6-7,9,11-12,15,18,21,24,27,30-36,38,40-43H2,1-5H3,(H-,47,50,51,52)/b10-8-,14-13-,17-16-,20-19-,23-22-,26-25-,29-28-,39-37+. The van der Waals surface area contributed by atoms with Crippen molar-refractivity contribution in [3.8, 4) is 0 Å². The van der Waals surface area contributed by atoms with Crippen LogP contribution < -0.4 is 10.2 Å². The zero-order valence-electron chi connectivity index (χ0n) is 35.3. The summed E-state index contributed by atoms with van der Waals surface area (Å²) in [5.74, 6) is -0.225. The zero-order chi connectivity index (χ0) is 40.7. The van der Waals surface area contributed by atoms with Gasteiger partial charge in [0.1, 0.15) is 13.2 Å². The number of quaternary nitrogens is 1. The predicted molar refractivity (Wildman–Crippen MR) is 233 cm³/mol. The number of phosphoric acid groups is 1. The van der Waals surface area contributed by atoms with E-state index in [1.807, 2.05) is 27.2 Å². The first kappa shape index (κ1) is 52.4. The maximum absolute atomic E-state index is 12.7. The number of nitrogens with one attached hydrogen (secondary N) is 1. The highest BCUT2D eigenvalue weighted by Crippen LogP contribution is 2.38. The van der Waals surface area contributed by atoms with E-state index >= 15 is 0 Å². The zero-order valence-corrected chi connectivity index (χ0v) is 36.2. The summed E-state index contributed by atoms with van der Waals surface area (Å²) < 4.78 is 22.9. The molecule has 0 spiro atoms. The third-order valence-electron chi connectivity index (χ3n) is 8.55. The Bertz CT molecular complexity index is 1210. The van der Waals surface area contributed by atoms with E-state index in [1.165, 1.54) is 19.3 Å². The van der Waals surface area contributed by atoms with Gasteiger partial charge in [-0.05, 0) is 70.6 Å². The van der Waals surface area contributed by atoms with Gasteiger partial charge >= 0.3 is 0 Å². The average molecular weight is 787 g/mol. The van der Waals surface area contributed by atoms with Gasteiger partial charge in [-0.2, -0.15) is 0 Å². The quantitative estimate of drug-likeness (QED) is 0.0283. The maximum atomic E-state index is 12.7. The molecule has 0 saturated carbocycles. The molecule has 314 valence electrons. The summed E-state index contributed by atoms with van der Waals surface area (Å²) in [6.07, 6.45) is 52.4. The Balaban J connectivity index is 4.07. The molecule has 0 radical (unpaired) electrons. The van der Waals surface area contributed by atoms with Gasteiger partial charge in [0.25, 0.3) is 7.82 Å². The molecule has 3 atom stereocenters. The van der Waals surface area contributed by atoms with Crippen molar-refractivity contribution in [3.63, 3.8) is 0 Å². The number of hydrogen-bond acceptors (Lipinski definition) is 6. The summed E-state index contributed by atoms with van der Waals surface area (Å²) in [6, 6.07) is -0.894. The van der Waals surface area contributed by atoms with Crippen LogP contribution in [-0.2, 0) is 18.4 Å². The molecule has 0 aliphatic rings. The number of phosphoric ester groups is 1. The van der Waals surface area contributed by atoms with Crippen LogP contribution in [0.25, 0.3) is 0 Å². The van der Waals surface area contributed by atoms with Crippen LogP contribution >= 0.6 is 7.82 Å². The first-order chi connectivity index (χ1) is 26.5. The van der Waals surface area contributed by atoms with Crippen molar-refractivity contribution in [1.82, 2.24) is 5.32 Å². The highest BCUT2D eigenvalue weighted by Gasteiger charge is 2.23. The predicted octanol–water partition coefficient (Wildman–Crippen LogP) is 10.9. The van der Waals surface area contributed by atoms with E-state index in [0.717, 1.165) is 96.3 Å². The number of likely N-dealkylation sites (N-methyl/N-ethyl adjacent to an activating group) is 1. The largest absolute Gasteiger partial charge is 0.756 e. The Kier molecular flexibility index (Phi) is 35.3. The molecule has 0 aromatic rings. The van der Waals surface area contributed by atoms with Crippen LogP contribution in [0.3, 0.4) is 0 Å². The first-order valence-electron chi connectivity index (χ1n) is 21.1. The van der Waals surface area contributed by atoms with Crippen LogP contribution in [0.2, 0.25) is 0 Å². The number of aliphatic hydroxyl groups is 1. The number of carbonyl (C=O) groups excluding carboxylic acids is 1. The summed E-state index contributed by atoms with van der Waals surface area (Å²) in [6.45, 7) is 4.32. The lowest BCUT2D eigenvalue weighted by atomic mass is 10.1. The molecule has 0 aliphatic carbocycles. The number of nitrogens with zero attached hydrogens (tertiary/aromatic N) is 1. The van der Waals surface area contributed by atoms with Crippen molar-refractivity contribution in [2.75, 3.05) is 40.9 Å². The fraction of sp³-hybridized carbons (Fsp3) is 0.630. The number of amides is 1. The molecule has 0 aromatic heterocycles. The highest BCUT2D eigenvalue weighted by atomic mass is 31.2. The molecular formula is C46H79N2O6P. The lowest BCUT2D eigenvalue weighted by Gasteiger charge is -2.29. The van der Waals surface area contributed by atoms with Gasteiger partial charge in [-0.3, -0.25) is 9.36 Å². The summed E-state index contributed by atoms with van der Waals surface area (Å²) in [4.78, 5) is 25.0. The number of allylic oxidation sites excluding steroid dienone is 15. The Labute approximate surface area is 337 Å². The number of hydrogen-bond donors (Lipinski definition) is 2. The van der Waals surface area contributed by atoms with Crippen molar-refractivity contribution in [2.24, 2.45) is 0 Å². The van der Waals surface area contributed by atoms with Gasteiger partial charge in [-0.1, -0.05) is 156 Å². The molecule has 0 bridgehead atoms. The molecule has 1 amide bonds. The van der Waals surface area contributed by atoms with E-state index in [1.54, 1.807) is 6.08 Å². The highest BCUT2D eigenvalue weighted by molar-refractivity contribution is 7.45. The third kappa shape index (κ3) is 39.5. The van der Waals surface area contributed by atoms with E-state index < -0.39 is 26.6 Å². The van der Waals surface area contributed by atoms with Gasteiger partial charge in [-0.25, -0.2) is 0 Å². The molecule has 0 saturated heterocycles. The van der Waals surface area contributed by atoms with Crippen molar-refractivity contribution in [2.45, 2.75) is 148 Å². The second-order valence-corrected chi connectivity index (χ2v) is 16.4. The number of carbonyl (C=O) groups is 1. The van der Waals surface area contributed by atoms with Crippen LogP contribution in [0.5, 0.6) is 0 Å². The van der Waals surface area contributed by atoms with E-state index in [-0.39, 0.29) is 12.5 Å². The van der Waals surface area contributed by atoms with E-state index in [9.17, 15) is 19.4 Å². The van der Waals surface area contributed by atoms with Crippen LogP contribution in [-0.4, -0.2) is 68.5 Å². The van der Waals surface area contributed by atoms with Crippen molar-refractivity contribution >= 4 is 13.7 Å². The van der Waals surface area contributed by atoms with Gasteiger partial charge < -0.3 is 28.8 Å². The van der Waals surface area contributed by atoms with Gasteiger partial charge in [0.05, 0.1) is 39.9 Å². The molecule has 0 rings (SSSR count). The monoisotopic (exact) mass is 787 g/mol. The molecule has 0 aromatic carbocycles. The fourth-order valence-corrected chi connectivity index (χ4v) is 5.90. The van der Waals surface area contributed by atoms with Gasteiger partial charge in [-0.15, -0.1) is 0 Å². The average Bonchev–Trinajstić information content (AvgIpc) is 3.13. The Morgan fingerprint density at radius 2 is 1.11 bits per heavy atom. The van der Waals surface area contributed by atoms with E-state index in [0.29, 0.717) is 17.4 Å². The lowest BCUT2D eigenvalue weighted by molar-refractivity contribution is -0.870. The number of rotatable bonds is 36. The van der Waals surface area contributed by atoms with E-state index in [4.69, 9.17) is 9.05 Å². The summed E-state index contributed by atoms with van der Waals surface area (Å²) in [7, 11) is 1.23. The lowest BCUT2D eigenvalue weighted by Crippen LogP contribution is -2.45. The second kappa shape index (κ2) is 37.0. The molecule has 8 nitrogen and oxygen atoms in total. The molecular weight excluding hydrogens is 707 g/mol. The van der Waals surface area contributed by atoms with Crippen LogP contribution in [0.15, 0.2) is 97.2 Å². The van der Waals surface area contributed by atoms with Crippen LogP contribution in [0.1, 0.15) is 136 Å². The Morgan fingerprint density at radius 1 is 0.655 bits per heavy atom. The fourth-order valence-electron chi connectivity index (χ4n) is 5.17. The first-order valence-corrected chi connectivity index (χ1v) is 22.6. The summed E-state index contributed by atoms with van der Waals surface area (Å²) in [5.41, 5.74) is 0. The minimum atomic E-state index is -4.58. The van der Waals surface area contributed by atoms with E-state index in [2.05, 4.69) is 104 Å². The maximum Gasteiger partial charge on any atom is 0.268 e. The molecule has 2 N–H and O–H groups in total. The molecule has 3 unspecified atom stereocenters. The summed E-state index contributed by atoms with van der Waals surface area (Å²) >= 11 is 0. The van der Waals surface area contributed by atoms with Gasteiger partial charge in [0.15, 0.2) is 0 Å². The van der Waals surface area contributed by atoms with Crippen molar-refractivity contribution < 1.29 is 32.9 Å². The number of aliphatic hydroxyl groups excluding tert-OH is 1. The Hall–Kier alpha value is -2.58. The third-order valence-corrected chi connectivity index (χ3v) is 9.51. The normalized spacial score (nSPS) is 15.4. The molecule has 0 aliphatic heterocycles.